The lowest BCUT2D eigenvalue weighted by Gasteiger charge is -2.10. The zero-order chi connectivity index (χ0) is 19.3. The molecule has 0 unspecified atom stereocenters. The zero-order valence-electron chi connectivity index (χ0n) is 15.9. The number of rotatable bonds is 6. The highest BCUT2D eigenvalue weighted by atomic mass is 16.1. The van der Waals surface area contributed by atoms with Crippen molar-refractivity contribution in [3.8, 4) is 0 Å². The Hall–Kier alpha value is -3.53. The van der Waals surface area contributed by atoms with E-state index in [0.717, 1.165) is 29.0 Å². The molecule has 0 bridgehead atoms. The lowest BCUT2D eigenvalue weighted by molar-refractivity contribution is -0.116. The molecule has 2 N–H and O–H groups in total. The molecule has 0 aliphatic carbocycles. The topological polar surface area (TPSA) is 46.1 Å². The molecule has 0 radical (unpaired) electrons. The fraction of sp³-hybridized carbons (Fsp3) is 0.125. The van der Waals surface area contributed by atoms with E-state index >= 15 is 0 Å². The third-order valence-electron chi connectivity index (χ3n) is 4.79. The van der Waals surface area contributed by atoms with Gasteiger partial charge in [-0.3, -0.25) is 4.79 Å². The quantitative estimate of drug-likeness (QED) is 0.466. The van der Waals surface area contributed by atoms with Crippen LogP contribution in [0.25, 0.3) is 10.9 Å². The maximum atomic E-state index is 12.5. The van der Waals surface area contributed by atoms with Crippen molar-refractivity contribution in [3.63, 3.8) is 0 Å². The molecule has 3 aromatic carbocycles. The van der Waals surface area contributed by atoms with Crippen molar-refractivity contribution < 1.29 is 4.79 Å². The third kappa shape index (κ3) is 4.07. The van der Waals surface area contributed by atoms with Gasteiger partial charge in [-0.05, 0) is 72.0 Å². The smallest absolute Gasteiger partial charge is 0.244 e. The Bertz CT molecular complexity index is 1080. The standard InChI is InChI=1S/C24H23N3O/c1-2-18-8-13-23-19(16-18)14-15-27(23)17-24(28)26-22-11-9-21(10-12-22)25-20-6-4-3-5-7-20/h3-16,25H,2,17H2,1H3,(H,26,28). The second-order valence-corrected chi connectivity index (χ2v) is 6.81. The minimum Gasteiger partial charge on any atom is -0.356 e. The van der Waals surface area contributed by atoms with Crippen LogP contribution in [0.2, 0.25) is 0 Å². The van der Waals surface area contributed by atoms with E-state index in [0.29, 0.717) is 6.54 Å². The predicted molar refractivity (Wildman–Crippen MR) is 116 cm³/mol. The molecule has 4 aromatic rings. The summed E-state index contributed by atoms with van der Waals surface area (Å²) < 4.78 is 1.98. The normalized spacial score (nSPS) is 10.8. The van der Waals surface area contributed by atoms with Gasteiger partial charge in [-0.1, -0.05) is 31.2 Å². The van der Waals surface area contributed by atoms with Crippen molar-refractivity contribution in [1.29, 1.82) is 0 Å². The number of amides is 1. The van der Waals surface area contributed by atoms with Gasteiger partial charge in [0.25, 0.3) is 0 Å². The monoisotopic (exact) mass is 369 g/mol. The van der Waals surface area contributed by atoms with Crippen molar-refractivity contribution in [2.24, 2.45) is 0 Å². The number of hydrogen-bond acceptors (Lipinski definition) is 2. The number of aromatic nitrogens is 1. The second-order valence-electron chi connectivity index (χ2n) is 6.81. The van der Waals surface area contributed by atoms with E-state index < -0.39 is 0 Å². The van der Waals surface area contributed by atoms with Crippen LogP contribution in [0.5, 0.6) is 0 Å². The summed E-state index contributed by atoms with van der Waals surface area (Å²) in [7, 11) is 0. The Morgan fingerprint density at radius 1 is 0.857 bits per heavy atom. The highest BCUT2D eigenvalue weighted by Crippen LogP contribution is 2.20. The summed E-state index contributed by atoms with van der Waals surface area (Å²) in [6, 6.07) is 26.2. The number of para-hydroxylation sites is 1. The van der Waals surface area contributed by atoms with Gasteiger partial charge in [0.05, 0.1) is 0 Å². The summed E-state index contributed by atoms with van der Waals surface area (Å²) in [6.07, 6.45) is 2.98. The van der Waals surface area contributed by atoms with Crippen LogP contribution in [-0.4, -0.2) is 10.5 Å². The first-order chi connectivity index (χ1) is 13.7. The number of fused-ring (bicyclic) bond motifs is 1. The molecule has 1 heterocycles. The molecule has 1 aromatic heterocycles. The minimum atomic E-state index is -0.0409. The zero-order valence-corrected chi connectivity index (χ0v) is 15.9. The fourth-order valence-corrected chi connectivity index (χ4v) is 3.29. The highest BCUT2D eigenvalue weighted by Gasteiger charge is 2.07. The lowest BCUT2D eigenvalue weighted by atomic mass is 10.1. The minimum absolute atomic E-state index is 0.0409. The Kier molecular flexibility index (Phi) is 5.11. The average Bonchev–Trinajstić information content (AvgIpc) is 3.12. The van der Waals surface area contributed by atoms with Gasteiger partial charge in [0.1, 0.15) is 6.54 Å². The van der Waals surface area contributed by atoms with E-state index in [4.69, 9.17) is 0 Å². The van der Waals surface area contributed by atoms with Crippen LogP contribution in [0.4, 0.5) is 17.1 Å². The molecule has 0 fully saturated rings. The molecule has 0 aliphatic heterocycles. The van der Waals surface area contributed by atoms with Crippen LogP contribution in [0.1, 0.15) is 12.5 Å². The van der Waals surface area contributed by atoms with Gasteiger partial charge >= 0.3 is 0 Å². The Labute approximate surface area is 164 Å². The summed E-state index contributed by atoms with van der Waals surface area (Å²) in [5.74, 6) is -0.0409. The number of nitrogens with zero attached hydrogens (tertiary/aromatic N) is 1. The maximum Gasteiger partial charge on any atom is 0.244 e. The van der Waals surface area contributed by atoms with E-state index in [2.05, 4.69) is 41.8 Å². The number of aryl methyl sites for hydroxylation is 1. The maximum absolute atomic E-state index is 12.5. The molecule has 140 valence electrons. The highest BCUT2D eigenvalue weighted by molar-refractivity contribution is 5.92. The van der Waals surface area contributed by atoms with Gasteiger partial charge in [0.15, 0.2) is 0 Å². The van der Waals surface area contributed by atoms with Gasteiger partial charge in [-0.15, -0.1) is 0 Å². The molecule has 0 saturated carbocycles. The van der Waals surface area contributed by atoms with Crippen LogP contribution >= 0.6 is 0 Å². The molecule has 0 spiro atoms. The molecule has 4 nitrogen and oxygen atoms in total. The average molecular weight is 369 g/mol. The largest absolute Gasteiger partial charge is 0.356 e. The molecule has 0 saturated heterocycles. The summed E-state index contributed by atoms with van der Waals surface area (Å²) in [4.78, 5) is 12.5. The molecule has 4 heteroatoms. The van der Waals surface area contributed by atoms with Gasteiger partial charge in [0.2, 0.25) is 5.91 Å². The van der Waals surface area contributed by atoms with Gasteiger partial charge in [0, 0.05) is 28.8 Å². The molecule has 1 amide bonds. The van der Waals surface area contributed by atoms with E-state index in [1.54, 1.807) is 0 Å². The van der Waals surface area contributed by atoms with Crippen LogP contribution in [0.3, 0.4) is 0 Å². The van der Waals surface area contributed by atoms with Crippen molar-refractivity contribution in [2.45, 2.75) is 19.9 Å². The SMILES string of the molecule is CCc1ccc2c(ccn2CC(=O)Nc2ccc(Nc3ccccc3)cc2)c1. The van der Waals surface area contributed by atoms with Gasteiger partial charge < -0.3 is 15.2 Å². The third-order valence-corrected chi connectivity index (χ3v) is 4.79. The first kappa shape index (κ1) is 17.9. The number of carbonyl (C=O) groups excluding carboxylic acids is 1. The number of anilines is 3. The Morgan fingerprint density at radius 3 is 2.32 bits per heavy atom. The number of carbonyl (C=O) groups is 1. The van der Waals surface area contributed by atoms with Crippen molar-refractivity contribution in [1.82, 2.24) is 4.57 Å². The number of benzene rings is 3. The summed E-state index contributed by atoms with van der Waals surface area (Å²) in [6.45, 7) is 2.44. The molecular weight excluding hydrogens is 346 g/mol. The molecule has 0 atom stereocenters. The first-order valence-electron chi connectivity index (χ1n) is 9.51. The van der Waals surface area contributed by atoms with Crippen molar-refractivity contribution in [2.75, 3.05) is 10.6 Å². The molecule has 4 rings (SSSR count). The van der Waals surface area contributed by atoms with Crippen LogP contribution in [0, 0.1) is 0 Å². The van der Waals surface area contributed by atoms with E-state index in [1.165, 1.54) is 10.9 Å². The summed E-state index contributed by atoms with van der Waals surface area (Å²) >= 11 is 0. The van der Waals surface area contributed by atoms with Crippen molar-refractivity contribution >= 4 is 33.9 Å². The first-order valence-corrected chi connectivity index (χ1v) is 9.51. The van der Waals surface area contributed by atoms with E-state index in [-0.39, 0.29) is 5.91 Å². The second kappa shape index (κ2) is 8.01. The van der Waals surface area contributed by atoms with Crippen LogP contribution in [0.15, 0.2) is 85.1 Å². The molecular formula is C24H23N3O. The number of nitrogens with one attached hydrogen (secondary N) is 2. The Balaban J connectivity index is 1.40. The van der Waals surface area contributed by atoms with E-state index in [1.807, 2.05) is 65.4 Å². The summed E-state index contributed by atoms with van der Waals surface area (Å²) in [5.41, 5.74) is 5.18. The predicted octanol–water partition coefficient (Wildman–Crippen LogP) is 5.59. The fourth-order valence-electron chi connectivity index (χ4n) is 3.29. The molecule has 0 aliphatic rings. The molecule has 28 heavy (non-hydrogen) atoms. The summed E-state index contributed by atoms with van der Waals surface area (Å²) in [5, 5.41) is 7.47. The van der Waals surface area contributed by atoms with Crippen molar-refractivity contribution in [3.05, 3.63) is 90.6 Å². The number of hydrogen-bond donors (Lipinski definition) is 2. The van der Waals surface area contributed by atoms with Crippen LogP contribution < -0.4 is 10.6 Å². The van der Waals surface area contributed by atoms with Gasteiger partial charge in [-0.25, -0.2) is 0 Å². The van der Waals surface area contributed by atoms with Crippen LogP contribution in [-0.2, 0) is 17.8 Å². The van der Waals surface area contributed by atoms with E-state index in [9.17, 15) is 4.79 Å². The Morgan fingerprint density at radius 2 is 1.57 bits per heavy atom. The lowest BCUT2D eigenvalue weighted by Crippen LogP contribution is -2.18. The van der Waals surface area contributed by atoms with Gasteiger partial charge in [-0.2, -0.15) is 0 Å².